The average Bonchev–Trinajstić information content (AvgIpc) is 2.83. The summed E-state index contributed by atoms with van der Waals surface area (Å²) in [7, 11) is 0. The Morgan fingerprint density at radius 1 is 1.26 bits per heavy atom. The van der Waals surface area contributed by atoms with Crippen molar-refractivity contribution in [2.24, 2.45) is 0 Å². The molecule has 9 nitrogen and oxygen atoms in total. The van der Waals surface area contributed by atoms with E-state index in [1.165, 1.54) is 6.20 Å². The molecule has 1 aromatic carbocycles. The standard InChI is InChI=1S/C23H24F2N6O3/c1-11-14(8-30-22-21(11)28-4-5-33-22)13-6-12-7-18(29-9-15(12)20(26)19(13)25)31-23(32)34-17-2-3-27-10-16(17)24/h6-9,16-17,27-28H,2-5,10,26H2,1H3,(H,29,31,32)/t16-,17+/m0/s1. The van der Waals surface area contributed by atoms with Gasteiger partial charge in [0.25, 0.3) is 0 Å². The number of nitrogens with one attached hydrogen (secondary N) is 3. The van der Waals surface area contributed by atoms with Crippen molar-refractivity contribution in [2.45, 2.75) is 25.6 Å². The molecule has 34 heavy (non-hydrogen) atoms. The van der Waals surface area contributed by atoms with Crippen molar-refractivity contribution in [1.29, 1.82) is 0 Å². The van der Waals surface area contributed by atoms with E-state index in [2.05, 4.69) is 25.9 Å². The first-order valence-corrected chi connectivity index (χ1v) is 11.0. The predicted molar refractivity (Wildman–Crippen MR) is 124 cm³/mol. The van der Waals surface area contributed by atoms with Gasteiger partial charge in [0.2, 0.25) is 5.88 Å². The molecule has 1 amide bonds. The van der Waals surface area contributed by atoms with Crippen LogP contribution in [-0.4, -0.2) is 54.6 Å². The number of fused-ring (bicyclic) bond motifs is 2. The molecular weight excluding hydrogens is 446 g/mol. The normalized spacial score (nSPS) is 19.6. The van der Waals surface area contributed by atoms with Gasteiger partial charge in [-0.3, -0.25) is 5.32 Å². The Hall–Kier alpha value is -3.73. The third-order valence-electron chi connectivity index (χ3n) is 6.07. The summed E-state index contributed by atoms with van der Waals surface area (Å²) in [5, 5.41) is 9.61. The second-order valence-corrected chi connectivity index (χ2v) is 8.27. The van der Waals surface area contributed by atoms with Crippen molar-refractivity contribution in [1.82, 2.24) is 15.3 Å². The van der Waals surface area contributed by atoms with Crippen LogP contribution >= 0.6 is 0 Å². The van der Waals surface area contributed by atoms with Gasteiger partial charge in [0.1, 0.15) is 30.4 Å². The largest absolute Gasteiger partial charge is 0.474 e. The van der Waals surface area contributed by atoms with Crippen molar-refractivity contribution >= 4 is 34.1 Å². The Bertz CT molecular complexity index is 1270. The zero-order chi connectivity index (χ0) is 23.8. The molecule has 0 saturated carbocycles. The number of carbonyl (C=O) groups excluding carboxylic acids is 1. The van der Waals surface area contributed by atoms with E-state index in [1.807, 2.05) is 6.92 Å². The summed E-state index contributed by atoms with van der Waals surface area (Å²) in [5.74, 6) is 0.0604. The van der Waals surface area contributed by atoms with Crippen molar-refractivity contribution in [3.63, 3.8) is 0 Å². The van der Waals surface area contributed by atoms with E-state index in [0.29, 0.717) is 54.0 Å². The van der Waals surface area contributed by atoms with Gasteiger partial charge in [0.05, 0.1) is 5.69 Å². The third kappa shape index (κ3) is 4.03. The number of benzene rings is 1. The maximum absolute atomic E-state index is 15.3. The van der Waals surface area contributed by atoms with E-state index in [9.17, 15) is 9.18 Å². The van der Waals surface area contributed by atoms with Crippen molar-refractivity contribution < 1.29 is 23.0 Å². The smallest absolute Gasteiger partial charge is 0.413 e. The quantitative estimate of drug-likeness (QED) is 0.430. The van der Waals surface area contributed by atoms with Gasteiger partial charge < -0.3 is 25.8 Å². The number of halogens is 2. The van der Waals surface area contributed by atoms with E-state index < -0.39 is 24.2 Å². The van der Waals surface area contributed by atoms with E-state index in [4.69, 9.17) is 15.2 Å². The Morgan fingerprint density at radius 2 is 2.12 bits per heavy atom. The molecule has 1 saturated heterocycles. The number of nitrogens with two attached hydrogens (primary N) is 1. The number of rotatable bonds is 3. The molecule has 2 aliphatic heterocycles. The number of ether oxygens (including phenoxy) is 2. The minimum absolute atomic E-state index is 0.0644. The number of hydrogen-bond acceptors (Lipinski definition) is 8. The average molecular weight is 470 g/mol. The lowest BCUT2D eigenvalue weighted by atomic mass is 9.97. The Morgan fingerprint density at radius 3 is 2.94 bits per heavy atom. The highest BCUT2D eigenvalue weighted by atomic mass is 19.1. The van der Waals surface area contributed by atoms with Crippen LogP contribution in [0.15, 0.2) is 24.5 Å². The molecule has 178 valence electrons. The first kappa shape index (κ1) is 22.1. The van der Waals surface area contributed by atoms with Crippen LogP contribution in [0.3, 0.4) is 0 Å². The summed E-state index contributed by atoms with van der Waals surface area (Å²) in [4.78, 5) is 20.7. The maximum Gasteiger partial charge on any atom is 0.413 e. The molecule has 0 radical (unpaired) electrons. The highest BCUT2D eigenvalue weighted by molar-refractivity contribution is 5.99. The number of alkyl halides is 1. The van der Waals surface area contributed by atoms with Crippen LogP contribution in [0.5, 0.6) is 5.88 Å². The number of carbonyl (C=O) groups is 1. The van der Waals surface area contributed by atoms with Gasteiger partial charge in [-0.15, -0.1) is 0 Å². The van der Waals surface area contributed by atoms with Crippen LogP contribution < -0.4 is 26.4 Å². The number of amides is 1. The van der Waals surface area contributed by atoms with Crippen molar-refractivity contribution in [3.05, 3.63) is 35.9 Å². The Balaban J connectivity index is 1.46. The summed E-state index contributed by atoms with van der Waals surface area (Å²) in [6.07, 6.45) is 0.403. The molecule has 2 aliphatic rings. The zero-order valence-electron chi connectivity index (χ0n) is 18.5. The number of anilines is 3. The number of hydrogen-bond donors (Lipinski definition) is 4. The van der Waals surface area contributed by atoms with E-state index in [-0.39, 0.29) is 23.6 Å². The zero-order valence-corrected chi connectivity index (χ0v) is 18.5. The lowest BCUT2D eigenvalue weighted by Gasteiger charge is -2.26. The predicted octanol–water partition coefficient (Wildman–Crippen LogP) is 3.38. The first-order valence-electron chi connectivity index (χ1n) is 11.0. The molecule has 2 aromatic heterocycles. The number of nitrogen functional groups attached to an aromatic ring is 1. The minimum atomic E-state index is -1.28. The van der Waals surface area contributed by atoms with E-state index in [1.54, 1.807) is 18.3 Å². The second kappa shape index (κ2) is 8.90. The minimum Gasteiger partial charge on any atom is -0.474 e. The van der Waals surface area contributed by atoms with Crippen LogP contribution in [0.4, 0.5) is 30.8 Å². The molecule has 0 aliphatic carbocycles. The van der Waals surface area contributed by atoms with Crippen molar-refractivity contribution in [2.75, 3.05) is 42.6 Å². The molecule has 3 aromatic rings. The second-order valence-electron chi connectivity index (χ2n) is 8.27. The van der Waals surface area contributed by atoms with Crippen LogP contribution in [-0.2, 0) is 4.74 Å². The van der Waals surface area contributed by atoms with Gasteiger partial charge in [0, 0.05) is 42.0 Å². The van der Waals surface area contributed by atoms with Gasteiger partial charge in [-0.05, 0) is 43.0 Å². The number of aromatic nitrogens is 2. The van der Waals surface area contributed by atoms with Gasteiger partial charge in [-0.25, -0.2) is 23.5 Å². The van der Waals surface area contributed by atoms with Gasteiger partial charge in [-0.1, -0.05) is 0 Å². The lowest BCUT2D eigenvalue weighted by molar-refractivity contribution is 0.0342. The molecule has 0 unspecified atom stereocenters. The van der Waals surface area contributed by atoms with Gasteiger partial charge >= 0.3 is 6.09 Å². The van der Waals surface area contributed by atoms with Crippen LogP contribution in [0.25, 0.3) is 21.9 Å². The maximum atomic E-state index is 15.3. The highest BCUT2D eigenvalue weighted by Gasteiger charge is 2.28. The summed E-state index contributed by atoms with van der Waals surface area (Å²) < 4.78 is 40.0. The summed E-state index contributed by atoms with van der Waals surface area (Å²) >= 11 is 0. The fraction of sp³-hybridized carbons (Fsp3) is 0.348. The number of nitrogens with zero attached hydrogens (tertiary/aromatic N) is 2. The van der Waals surface area contributed by atoms with E-state index >= 15 is 4.39 Å². The van der Waals surface area contributed by atoms with E-state index in [0.717, 1.165) is 5.56 Å². The molecule has 0 spiro atoms. The SMILES string of the molecule is Cc1c(-c2cc3cc(NC(=O)O[C@@H]4CCNC[C@@H]4F)ncc3c(N)c2F)cnc2c1NCCO2. The van der Waals surface area contributed by atoms with Crippen LogP contribution in [0.2, 0.25) is 0 Å². The Labute approximate surface area is 194 Å². The Kier molecular flexibility index (Phi) is 5.78. The molecule has 5 N–H and O–H groups in total. The summed E-state index contributed by atoms with van der Waals surface area (Å²) in [6, 6.07) is 3.19. The van der Waals surface area contributed by atoms with Gasteiger partial charge in [-0.2, -0.15) is 0 Å². The molecule has 4 heterocycles. The van der Waals surface area contributed by atoms with Crippen molar-refractivity contribution in [3.8, 4) is 17.0 Å². The summed E-state index contributed by atoms with van der Waals surface area (Å²) in [5.41, 5.74) is 8.35. The molecular formula is C23H24F2N6O3. The first-order chi connectivity index (χ1) is 16.4. The fourth-order valence-corrected chi connectivity index (χ4v) is 4.26. The summed E-state index contributed by atoms with van der Waals surface area (Å²) in [6.45, 7) is 3.69. The molecule has 11 heteroatoms. The topological polar surface area (TPSA) is 123 Å². The van der Waals surface area contributed by atoms with Gasteiger partial charge in [0.15, 0.2) is 5.82 Å². The highest BCUT2D eigenvalue weighted by Crippen LogP contribution is 2.39. The number of piperidine rings is 1. The third-order valence-corrected chi connectivity index (χ3v) is 6.07. The van der Waals surface area contributed by atoms with Crippen LogP contribution in [0, 0.1) is 12.7 Å². The monoisotopic (exact) mass is 470 g/mol. The molecule has 0 bridgehead atoms. The molecule has 1 fully saturated rings. The lowest BCUT2D eigenvalue weighted by Crippen LogP contribution is -2.44. The fourth-order valence-electron chi connectivity index (χ4n) is 4.26. The van der Waals surface area contributed by atoms with Crippen LogP contribution in [0.1, 0.15) is 12.0 Å². The molecule has 5 rings (SSSR count). The molecule has 2 atom stereocenters. The number of pyridine rings is 2.